The van der Waals surface area contributed by atoms with E-state index in [1.807, 2.05) is 0 Å². The standard InChI is InChI=1S/C13H18N2O5/c1-2-19-12(17)9-15-11(16)6-3-7-14-13(18)10-5-4-8-20-10/h4-5,8H,2-3,6-7,9H2,1H3,(H,14,18)(H,15,16). The van der Waals surface area contributed by atoms with Gasteiger partial charge in [0, 0.05) is 13.0 Å². The van der Waals surface area contributed by atoms with Crippen molar-refractivity contribution in [1.29, 1.82) is 0 Å². The zero-order valence-electron chi connectivity index (χ0n) is 11.3. The number of hydrogen-bond donors (Lipinski definition) is 2. The topological polar surface area (TPSA) is 97.6 Å². The summed E-state index contributed by atoms with van der Waals surface area (Å²) in [5.41, 5.74) is 0. The molecule has 1 heterocycles. The average molecular weight is 282 g/mol. The predicted octanol–water partition coefficient (Wildman–Crippen LogP) is 0.469. The van der Waals surface area contributed by atoms with Gasteiger partial charge in [0.25, 0.3) is 5.91 Å². The molecule has 110 valence electrons. The summed E-state index contributed by atoms with van der Waals surface area (Å²) in [7, 11) is 0. The molecule has 2 amide bonds. The van der Waals surface area contributed by atoms with E-state index in [2.05, 4.69) is 15.4 Å². The van der Waals surface area contributed by atoms with Crippen LogP contribution in [0.15, 0.2) is 22.8 Å². The maximum atomic E-state index is 11.5. The summed E-state index contributed by atoms with van der Waals surface area (Å²) >= 11 is 0. The molecule has 0 bridgehead atoms. The van der Waals surface area contributed by atoms with Crippen LogP contribution in [0.25, 0.3) is 0 Å². The van der Waals surface area contributed by atoms with E-state index >= 15 is 0 Å². The summed E-state index contributed by atoms with van der Waals surface area (Å²) in [6.07, 6.45) is 2.11. The second-order valence-corrected chi connectivity index (χ2v) is 3.92. The van der Waals surface area contributed by atoms with E-state index in [4.69, 9.17) is 4.42 Å². The fourth-order valence-electron chi connectivity index (χ4n) is 1.42. The second kappa shape index (κ2) is 8.73. The van der Waals surface area contributed by atoms with E-state index in [1.54, 1.807) is 19.1 Å². The Bertz CT molecular complexity index is 442. The van der Waals surface area contributed by atoms with Gasteiger partial charge in [0.15, 0.2) is 5.76 Å². The molecule has 0 spiro atoms. The van der Waals surface area contributed by atoms with Gasteiger partial charge >= 0.3 is 5.97 Å². The molecule has 0 aliphatic rings. The third-order valence-electron chi connectivity index (χ3n) is 2.35. The lowest BCUT2D eigenvalue weighted by Gasteiger charge is -2.05. The van der Waals surface area contributed by atoms with Crippen molar-refractivity contribution in [3.63, 3.8) is 0 Å². The lowest BCUT2D eigenvalue weighted by Crippen LogP contribution is -2.31. The van der Waals surface area contributed by atoms with Crippen LogP contribution in [0.4, 0.5) is 0 Å². The first-order valence-corrected chi connectivity index (χ1v) is 6.37. The number of furan rings is 1. The summed E-state index contributed by atoms with van der Waals surface area (Å²) in [5, 5.41) is 5.06. The number of esters is 1. The van der Waals surface area contributed by atoms with Gasteiger partial charge in [-0.05, 0) is 25.5 Å². The van der Waals surface area contributed by atoms with Crippen LogP contribution in [0.2, 0.25) is 0 Å². The summed E-state index contributed by atoms with van der Waals surface area (Å²) in [5.74, 6) is -0.809. The maximum absolute atomic E-state index is 11.5. The highest BCUT2D eigenvalue weighted by Crippen LogP contribution is 1.99. The summed E-state index contributed by atoms with van der Waals surface area (Å²) in [6, 6.07) is 3.18. The van der Waals surface area contributed by atoms with Crippen molar-refractivity contribution in [3.05, 3.63) is 24.2 Å². The summed E-state index contributed by atoms with van der Waals surface area (Å²) in [4.78, 5) is 33.8. The van der Waals surface area contributed by atoms with E-state index in [0.717, 1.165) is 0 Å². The SMILES string of the molecule is CCOC(=O)CNC(=O)CCCNC(=O)c1ccco1. The number of ether oxygens (including phenoxy) is 1. The number of carbonyl (C=O) groups is 3. The molecule has 0 unspecified atom stereocenters. The maximum Gasteiger partial charge on any atom is 0.325 e. The van der Waals surface area contributed by atoms with Crippen molar-refractivity contribution >= 4 is 17.8 Å². The first-order chi connectivity index (χ1) is 9.63. The Morgan fingerprint density at radius 2 is 2.10 bits per heavy atom. The Morgan fingerprint density at radius 1 is 1.30 bits per heavy atom. The van der Waals surface area contributed by atoms with Crippen LogP contribution in [0.1, 0.15) is 30.3 Å². The zero-order chi connectivity index (χ0) is 14.8. The molecule has 1 aromatic rings. The number of amides is 2. The molecule has 2 N–H and O–H groups in total. The normalized spacial score (nSPS) is 9.85. The fraction of sp³-hybridized carbons (Fsp3) is 0.462. The van der Waals surface area contributed by atoms with Gasteiger partial charge in [-0.1, -0.05) is 0 Å². The van der Waals surface area contributed by atoms with Crippen LogP contribution in [-0.2, 0) is 14.3 Å². The molecule has 0 radical (unpaired) electrons. The van der Waals surface area contributed by atoms with Crippen molar-refractivity contribution < 1.29 is 23.5 Å². The smallest absolute Gasteiger partial charge is 0.325 e. The van der Waals surface area contributed by atoms with Gasteiger partial charge < -0.3 is 19.8 Å². The molecular weight excluding hydrogens is 264 g/mol. The molecule has 0 fully saturated rings. The van der Waals surface area contributed by atoms with E-state index in [-0.39, 0.29) is 37.1 Å². The lowest BCUT2D eigenvalue weighted by atomic mass is 10.3. The summed E-state index contributed by atoms with van der Waals surface area (Å²) in [6.45, 7) is 2.20. The molecule has 0 saturated carbocycles. The van der Waals surface area contributed by atoms with Crippen LogP contribution < -0.4 is 10.6 Å². The van der Waals surface area contributed by atoms with Crippen molar-refractivity contribution in [1.82, 2.24) is 10.6 Å². The van der Waals surface area contributed by atoms with Gasteiger partial charge in [-0.25, -0.2) is 0 Å². The third kappa shape index (κ3) is 6.03. The fourth-order valence-corrected chi connectivity index (χ4v) is 1.42. The number of nitrogens with one attached hydrogen (secondary N) is 2. The minimum Gasteiger partial charge on any atom is -0.465 e. The molecule has 0 saturated heterocycles. The highest BCUT2D eigenvalue weighted by molar-refractivity contribution is 5.91. The highest BCUT2D eigenvalue weighted by atomic mass is 16.5. The first-order valence-electron chi connectivity index (χ1n) is 6.37. The van der Waals surface area contributed by atoms with Gasteiger partial charge in [-0.15, -0.1) is 0 Å². The molecular formula is C13H18N2O5. The van der Waals surface area contributed by atoms with E-state index in [1.165, 1.54) is 6.26 Å². The number of rotatable bonds is 8. The number of hydrogen-bond acceptors (Lipinski definition) is 5. The Kier molecular flexibility index (Phi) is 6.88. The van der Waals surface area contributed by atoms with E-state index in [0.29, 0.717) is 13.0 Å². The molecule has 1 aromatic heterocycles. The van der Waals surface area contributed by atoms with E-state index < -0.39 is 5.97 Å². The van der Waals surface area contributed by atoms with Crippen molar-refractivity contribution in [2.75, 3.05) is 19.7 Å². The minimum atomic E-state index is -0.466. The van der Waals surface area contributed by atoms with E-state index in [9.17, 15) is 14.4 Å². The van der Waals surface area contributed by atoms with Gasteiger partial charge in [-0.2, -0.15) is 0 Å². The molecule has 1 rings (SSSR count). The Hall–Kier alpha value is -2.31. The third-order valence-corrected chi connectivity index (χ3v) is 2.35. The molecule has 20 heavy (non-hydrogen) atoms. The minimum absolute atomic E-state index is 0.134. The average Bonchev–Trinajstić information content (AvgIpc) is 2.95. The van der Waals surface area contributed by atoms with Crippen molar-refractivity contribution in [2.24, 2.45) is 0 Å². The van der Waals surface area contributed by atoms with Crippen molar-refractivity contribution in [2.45, 2.75) is 19.8 Å². The van der Waals surface area contributed by atoms with Crippen LogP contribution in [-0.4, -0.2) is 37.5 Å². The quantitative estimate of drug-likeness (QED) is 0.533. The van der Waals surface area contributed by atoms with Gasteiger partial charge in [-0.3, -0.25) is 14.4 Å². The second-order valence-electron chi connectivity index (χ2n) is 3.92. The lowest BCUT2D eigenvalue weighted by molar-refractivity contribution is -0.143. The van der Waals surface area contributed by atoms with Crippen molar-refractivity contribution in [3.8, 4) is 0 Å². The monoisotopic (exact) mass is 282 g/mol. The number of carbonyl (C=O) groups excluding carboxylic acids is 3. The summed E-state index contributed by atoms with van der Waals surface area (Å²) < 4.78 is 9.59. The Labute approximate surface area is 116 Å². The van der Waals surface area contributed by atoms with Gasteiger partial charge in [0.05, 0.1) is 12.9 Å². The molecule has 7 heteroatoms. The molecule has 0 atom stereocenters. The van der Waals surface area contributed by atoms with Crippen LogP contribution >= 0.6 is 0 Å². The van der Waals surface area contributed by atoms with Crippen LogP contribution in [0, 0.1) is 0 Å². The molecule has 0 aromatic carbocycles. The zero-order valence-corrected chi connectivity index (χ0v) is 11.3. The predicted molar refractivity (Wildman–Crippen MR) is 69.9 cm³/mol. The largest absolute Gasteiger partial charge is 0.465 e. The molecule has 7 nitrogen and oxygen atoms in total. The Balaban J connectivity index is 2.07. The molecule has 0 aliphatic heterocycles. The molecule has 0 aliphatic carbocycles. The Morgan fingerprint density at radius 3 is 2.75 bits per heavy atom. The highest BCUT2D eigenvalue weighted by Gasteiger charge is 2.08. The van der Waals surface area contributed by atoms with Crippen LogP contribution in [0.3, 0.4) is 0 Å². The van der Waals surface area contributed by atoms with Gasteiger partial charge in [0.1, 0.15) is 6.54 Å². The van der Waals surface area contributed by atoms with Crippen LogP contribution in [0.5, 0.6) is 0 Å². The first kappa shape index (κ1) is 15.7. The van der Waals surface area contributed by atoms with Gasteiger partial charge in [0.2, 0.25) is 5.91 Å².